The van der Waals surface area contributed by atoms with Gasteiger partial charge in [0.2, 0.25) is 5.91 Å². The van der Waals surface area contributed by atoms with E-state index in [0.717, 1.165) is 24.0 Å². The van der Waals surface area contributed by atoms with Gasteiger partial charge in [0.15, 0.2) is 5.60 Å². The van der Waals surface area contributed by atoms with E-state index in [2.05, 4.69) is 6.92 Å². The summed E-state index contributed by atoms with van der Waals surface area (Å²) in [5.41, 5.74) is 0.731. The van der Waals surface area contributed by atoms with Gasteiger partial charge < -0.3 is 23.8 Å². The minimum atomic E-state index is -1.09. The molecule has 0 radical (unpaired) electrons. The highest BCUT2D eigenvalue weighted by molar-refractivity contribution is 5.80. The van der Waals surface area contributed by atoms with Crippen molar-refractivity contribution in [3.05, 3.63) is 53.6 Å². The van der Waals surface area contributed by atoms with Gasteiger partial charge in [-0.2, -0.15) is 0 Å². The van der Waals surface area contributed by atoms with Crippen molar-refractivity contribution in [1.82, 2.24) is 4.90 Å². The van der Waals surface area contributed by atoms with Crippen molar-refractivity contribution < 1.29 is 28.5 Å². The lowest BCUT2D eigenvalue weighted by Gasteiger charge is -2.25. The maximum atomic E-state index is 13.4. The van der Waals surface area contributed by atoms with E-state index >= 15 is 0 Å². The maximum Gasteiger partial charge on any atom is 0.349 e. The van der Waals surface area contributed by atoms with Gasteiger partial charge in [0.1, 0.15) is 17.2 Å². The molecule has 0 saturated carbocycles. The Morgan fingerprint density at radius 3 is 2.16 bits per heavy atom. The normalized spacial score (nSPS) is 11.1. The molecular weight excluding hydrogens is 470 g/mol. The number of unbranched alkanes of at least 4 members (excludes halogenated alkanes) is 4. The van der Waals surface area contributed by atoms with Gasteiger partial charge in [0, 0.05) is 24.7 Å². The molecule has 0 aliphatic carbocycles. The van der Waals surface area contributed by atoms with Crippen molar-refractivity contribution in [1.29, 1.82) is 0 Å². The van der Waals surface area contributed by atoms with E-state index in [0.29, 0.717) is 36.9 Å². The summed E-state index contributed by atoms with van der Waals surface area (Å²) >= 11 is 0. The predicted octanol–water partition coefficient (Wildman–Crippen LogP) is 5.97. The Morgan fingerprint density at radius 2 is 1.54 bits per heavy atom. The zero-order chi connectivity index (χ0) is 27.3. The van der Waals surface area contributed by atoms with Gasteiger partial charge in [-0.25, -0.2) is 4.79 Å². The zero-order valence-electron chi connectivity index (χ0n) is 23.3. The number of esters is 1. The molecule has 0 aliphatic rings. The molecule has 0 aliphatic heterocycles. The fourth-order valence-corrected chi connectivity index (χ4v) is 4.00. The van der Waals surface area contributed by atoms with Crippen LogP contribution < -0.4 is 14.2 Å². The van der Waals surface area contributed by atoms with Crippen molar-refractivity contribution in [2.24, 2.45) is 0 Å². The predicted molar refractivity (Wildman–Crippen MR) is 145 cm³/mol. The number of amides is 1. The highest BCUT2D eigenvalue weighted by Gasteiger charge is 2.31. The van der Waals surface area contributed by atoms with Crippen LogP contribution in [0.1, 0.15) is 70.9 Å². The molecule has 0 N–H and O–H groups in total. The Kier molecular flexibility index (Phi) is 12.3. The van der Waals surface area contributed by atoms with E-state index in [4.69, 9.17) is 18.9 Å². The fourth-order valence-electron chi connectivity index (χ4n) is 4.00. The Morgan fingerprint density at radius 1 is 0.865 bits per heavy atom. The third kappa shape index (κ3) is 9.63. The van der Waals surface area contributed by atoms with Crippen LogP contribution in [0.25, 0.3) is 0 Å². The third-order valence-electron chi connectivity index (χ3n) is 6.16. The average Bonchev–Trinajstić information content (AvgIpc) is 2.89. The zero-order valence-corrected chi connectivity index (χ0v) is 23.3. The lowest BCUT2D eigenvalue weighted by molar-refractivity contribution is -0.158. The first kappa shape index (κ1) is 30.0. The van der Waals surface area contributed by atoms with Gasteiger partial charge in [-0.15, -0.1) is 0 Å². The molecule has 0 spiro atoms. The summed E-state index contributed by atoms with van der Waals surface area (Å²) in [4.78, 5) is 27.5. The molecule has 2 aromatic carbocycles. The Bertz CT molecular complexity index is 986. The van der Waals surface area contributed by atoms with Gasteiger partial charge in [-0.1, -0.05) is 50.8 Å². The highest BCUT2D eigenvalue weighted by Crippen LogP contribution is 2.26. The van der Waals surface area contributed by atoms with E-state index in [9.17, 15) is 9.59 Å². The van der Waals surface area contributed by atoms with Crippen LogP contribution in [0.5, 0.6) is 17.2 Å². The van der Waals surface area contributed by atoms with Crippen molar-refractivity contribution in [3.8, 4) is 17.2 Å². The summed E-state index contributed by atoms with van der Waals surface area (Å²) in [5.74, 6) is 1.54. The number of carbonyl (C=O) groups excluding carboxylic acids is 2. The molecular formula is C30H43NO6. The molecule has 0 bridgehead atoms. The van der Waals surface area contributed by atoms with Crippen LogP contribution in [0.2, 0.25) is 0 Å². The first-order chi connectivity index (χ1) is 17.7. The van der Waals surface area contributed by atoms with Crippen molar-refractivity contribution in [2.45, 2.75) is 78.4 Å². The summed E-state index contributed by atoms with van der Waals surface area (Å²) in [6.45, 7) is 8.82. The van der Waals surface area contributed by atoms with Crippen LogP contribution >= 0.6 is 0 Å². The largest absolute Gasteiger partial charge is 0.497 e. The molecule has 0 saturated heterocycles. The summed E-state index contributed by atoms with van der Waals surface area (Å²) in [6.07, 6.45) is 5.87. The standard InChI is InChI=1S/C30H43NO6/c1-7-9-10-11-12-19-31(28(32)20-24-15-18-26(34-5)21-27(24)35-6)22-23-13-16-25(17-14-23)37-30(3,4)29(33)36-8-2/h13-18,21H,7-12,19-20,22H2,1-6H3. The SMILES string of the molecule is CCCCCCCN(Cc1ccc(OC(C)(C)C(=O)OCC)cc1)C(=O)Cc1ccc(OC)cc1OC. The average molecular weight is 514 g/mol. The van der Waals surface area contributed by atoms with Crippen molar-refractivity contribution >= 4 is 11.9 Å². The molecule has 2 rings (SSSR count). The molecule has 2 aromatic rings. The fraction of sp³-hybridized carbons (Fsp3) is 0.533. The summed E-state index contributed by atoms with van der Waals surface area (Å²) in [5, 5.41) is 0. The highest BCUT2D eigenvalue weighted by atomic mass is 16.6. The molecule has 0 aromatic heterocycles. The monoisotopic (exact) mass is 513 g/mol. The number of hydrogen-bond acceptors (Lipinski definition) is 6. The number of benzene rings is 2. The van der Waals surface area contributed by atoms with E-state index < -0.39 is 11.6 Å². The minimum absolute atomic E-state index is 0.0442. The molecule has 0 unspecified atom stereocenters. The van der Waals surface area contributed by atoms with Crippen LogP contribution in [-0.4, -0.2) is 49.7 Å². The van der Waals surface area contributed by atoms with Gasteiger partial charge in [-0.05, 0) is 51.0 Å². The third-order valence-corrected chi connectivity index (χ3v) is 6.16. The lowest BCUT2D eigenvalue weighted by atomic mass is 10.1. The second-order valence-corrected chi connectivity index (χ2v) is 9.56. The van der Waals surface area contributed by atoms with Crippen molar-refractivity contribution in [3.63, 3.8) is 0 Å². The van der Waals surface area contributed by atoms with E-state index in [1.54, 1.807) is 41.1 Å². The van der Waals surface area contributed by atoms with Crippen molar-refractivity contribution in [2.75, 3.05) is 27.4 Å². The Hall–Kier alpha value is -3.22. The van der Waals surface area contributed by atoms with Crippen LogP contribution in [0.15, 0.2) is 42.5 Å². The molecule has 7 heteroatoms. The second kappa shape index (κ2) is 15.1. The van der Waals surface area contributed by atoms with Crippen LogP contribution in [0, 0.1) is 0 Å². The van der Waals surface area contributed by atoms with Crippen LogP contribution in [-0.2, 0) is 27.3 Å². The van der Waals surface area contributed by atoms with Gasteiger partial charge in [0.25, 0.3) is 0 Å². The maximum absolute atomic E-state index is 13.4. The number of nitrogens with zero attached hydrogens (tertiary/aromatic N) is 1. The van der Waals surface area contributed by atoms with Crippen LogP contribution in [0.3, 0.4) is 0 Å². The van der Waals surface area contributed by atoms with Gasteiger partial charge in [0.05, 0.1) is 27.2 Å². The smallest absolute Gasteiger partial charge is 0.349 e. The first-order valence-corrected chi connectivity index (χ1v) is 13.2. The molecule has 7 nitrogen and oxygen atoms in total. The number of rotatable bonds is 16. The van der Waals surface area contributed by atoms with Gasteiger partial charge >= 0.3 is 5.97 Å². The quantitative estimate of drug-likeness (QED) is 0.203. The summed E-state index contributed by atoms with van der Waals surface area (Å²) in [7, 11) is 3.20. The molecule has 1 amide bonds. The number of carbonyl (C=O) groups is 2. The minimum Gasteiger partial charge on any atom is -0.497 e. The van der Waals surface area contributed by atoms with Gasteiger partial charge in [-0.3, -0.25) is 4.79 Å². The molecule has 0 heterocycles. The molecule has 0 fully saturated rings. The van der Waals surface area contributed by atoms with E-state index in [1.807, 2.05) is 41.3 Å². The molecule has 204 valence electrons. The number of hydrogen-bond donors (Lipinski definition) is 0. The van der Waals surface area contributed by atoms with E-state index in [1.165, 1.54) is 19.3 Å². The topological polar surface area (TPSA) is 74.3 Å². The first-order valence-electron chi connectivity index (χ1n) is 13.2. The molecule has 37 heavy (non-hydrogen) atoms. The van der Waals surface area contributed by atoms with Crippen LogP contribution in [0.4, 0.5) is 0 Å². The summed E-state index contributed by atoms with van der Waals surface area (Å²) < 4.78 is 21.7. The lowest BCUT2D eigenvalue weighted by Crippen LogP contribution is -2.39. The number of ether oxygens (including phenoxy) is 4. The molecule has 0 atom stereocenters. The summed E-state index contributed by atoms with van der Waals surface area (Å²) in [6, 6.07) is 13.0. The number of methoxy groups -OCH3 is 2. The second-order valence-electron chi connectivity index (χ2n) is 9.56. The Labute approximate surface area is 222 Å². The Balaban J connectivity index is 2.12. The van der Waals surface area contributed by atoms with E-state index in [-0.39, 0.29) is 12.3 Å².